The van der Waals surface area contributed by atoms with Crippen molar-refractivity contribution in [3.8, 4) is 23.0 Å². The molecule has 0 atom stereocenters. The highest BCUT2D eigenvalue weighted by Gasteiger charge is 2.19. The van der Waals surface area contributed by atoms with Crippen LogP contribution in [0.4, 0.5) is 4.39 Å². The number of benzene rings is 2. The standard InChI is InChI=1S/C12H4Br5FO3/c13-3-1-5(11(19)9(16)7(3)14)21-6-2-4(18)8(15)10(17)12(6)20/h1-2,19-20H. The van der Waals surface area contributed by atoms with Gasteiger partial charge in [0.15, 0.2) is 23.0 Å². The van der Waals surface area contributed by atoms with Crippen LogP contribution in [-0.2, 0) is 0 Å². The Hall–Kier alpha value is 0.170. The molecular formula is C12H4Br5FO3. The van der Waals surface area contributed by atoms with Crippen molar-refractivity contribution in [1.29, 1.82) is 0 Å². The number of phenols is 2. The smallest absolute Gasteiger partial charge is 0.174 e. The van der Waals surface area contributed by atoms with E-state index in [-0.39, 0.29) is 31.9 Å². The quantitative estimate of drug-likeness (QED) is 0.365. The first-order valence-electron chi connectivity index (χ1n) is 5.14. The summed E-state index contributed by atoms with van der Waals surface area (Å²) < 4.78 is 20.9. The first-order valence-corrected chi connectivity index (χ1v) is 9.11. The van der Waals surface area contributed by atoms with Gasteiger partial charge < -0.3 is 14.9 Å². The SMILES string of the molecule is Oc1c(Oc2cc(Br)c(Br)c(Br)c2O)cc(F)c(Br)c1Br. The topological polar surface area (TPSA) is 49.7 Å². The third kappa shape index (κ3) is 3.41. The van der Waals surface area contributed by atoms with Crippen molar-refractivity contribution in [2.24, 2.45) is 0 Å². The molecule has 2 aromatic carbocycles. The van der Waals surface area contributed by atoms with Crippen molar-refractivity contribution in [3.05, 3.63) is 40.3 Å². The summed E-state index contributed by atoms with van der Waals surface area (Å²) in [5.41, 5.74) is 0. The predicted octanol–water partition coefficient (Wildman–Crippen LogP) is 6.84. The van der Waals surface area contributed by atoms with Crippen molar-refractivity contribution in [2.45, 2.75) is 0 Å². The second-order valence-electron chi connectivity index (χ2n) is 3.77. The van der Waals surface area contributed by atoms with Gasteiger partial charge in [-0.05, 0) is 79.6 Å². The lowest BCUT2D eigenvalue weighted by atomic mass is 10.3. The fourth-order valence-corrected chi connectivity index (χ4v) is 3.47. The van der Waals surface area contributed by atoms with Crippen LogP contribution in [0.15, 0.2) is 34.5 Å². The Morgan fingerprint density at radius 2 is 1.24 bits per heavy atom. The summed E-state index contributed by atoms with van der Waals surface area (Å²) in [6, 6.07) is 2.49. The molecule has 0 heterocycles. The highest BCUT2D eigenvalue weighted by molar-refractivity contribution is 9.14. The van der Waals surface area contributed by atoms with Gasteiger partial charge in [0.2, 0.25) is 0 Å². The molecule has 0 bridgehead atoms. The van der Waals surface area contributed by atoms with E-state index in [2.05, 4.69) is 79.6 Å². The number of halogens is 6. The van der Waals surface area contributed by atoms with Gasteiger partial charge in [-0.3, -0.25) is 0 Å². The molecule has 2 rings (SSSR count). The van der Waals surface area contributed by atoms with Crippen LogP contribution < -0.4 is 4.74 Å². The fourth-order valence-electron chi connectivity index (χ4n) is 1.40. The molecule has 0 aromatic heterocycles. The van der Waals surface area contributed by atoms with Crippen LogP contribution in [0.2, 0.25) is 0 Å². The lowest BCUT2D eigenvalue weighted by Gasteiger charge is -2.13. The van der Waals surface area contributed by atoms with Crippen molar-refractivity contribution >= 4 is 79.6 Å². The van der Waals surface area contributed by atoms with E-state index in [0.717, 1.165) is 6.07 Å². The van der Waals surface area contributed by atoms with Crippen LogP contribution in [0, 0.1) is 5.82 Å². The minimum atomic E-state index is -0.621. The second kappa shape index (κ2) is 6.74. The van der Waals surface area contributed by atoms with Gasteiger partial charge in [-0.15, -0.1) is 0 Å². The van der Waals surface area contributed by atoms with Gasteiger partial charge in [-0.2, -0.15) is 0 Å². The summed E-state index contributed by atoms with van der Waals surface area (Å²) in [5.74, 6) is -1.20. The van der Waals surface area contributed by atoms with E-state index in [0.29, 0.717) is 13.4 Å². The molecule has 0 aliphatic rings. The zero-order valence-electron chi connectivity index (χ0n) is 9.73. The molecule has 112 valence electrons. The summed E-state index contributed by atoms with van der Waals surface area (Å²) in [5, 5.41) is 20.0. The highest BCUT2D eigenvalue weighted by Crippen LogP contribution is 2.48. The van der Waals surface area contributed by atoms with E-state index in [4.69, 9.17) is 4.74 Å². The second-order valence-corrected chi connectivity index (χ2v) is 7.79. The Morgan fingerprint density at radius 1 is 0.762 bits per heavy atom. The van der Waals surface area contributed by atoms with Crippen LogP contribution in [0.5, 0.6) is 23.0 Å². The van der Waals surface area contributed by atoms with Crippen molar-refractivity contribution in [2.75, 3.05) is 0 Å². The van der Waals surface area contributed by atoms with Crippen molar-refractivity contribution < 1.29 is 19.3 Å². The molecule has 9 heteroatoms. The van der Waals surface area contributed by atoms with Gasteiger partial charge in [0.1, 0.15) is 5.82 Å². The Kier molecular flexibility index (Phi) is 5.62. The molecule has 21 heavy (non-hydrogen) atoms. The van der Waals surface area contributed by atoms with Gasteiger partial charge in [-0.25, -0.2) is 4.39 Å². The maximum Gasteiger partial charge on any atom is 0.174 e. The lowest BCUT2D eigenvalue weighted by molar-refractivity contribution is 0.379. The lowest BCUT2D eigenvalue weighted by Crippen LogP contribution is -1.91. The first-order chi connectivity index (χ1) is 9.73. The van der Waals surface area contributed by atoms with E-state index in [1.807, 2.05) is 0 Å². The molecule has 0 saturated carbocycles. The number of hydrogen-bond donors (Lipinski definition) is 2. The number of rotatable bonds is 2. The van der Waals surface area contributed by atoms with E-state index < -0.39 is 5.82 Å². The Morgan fingerprint density at radius 3 is 1.81 bits per heavy atom. The Bertz CT molecular complexity index is 674. The van der Waals surface area contributed by atoms with E-state index >= 15 is 0 Å². The third-order valence-electron chi connectivity index (χ3n) is 2.42. The highest BCUT2D eigenvalue weighted by atomic mass is 79.9. The number of hydrogen-bond acceptors (Lipinski definition) is 3. The molecular weight excluding hydrogens is 611 g/mol. The molecule has 0 radical (unpaired) electrons. The average Bonchev–Trinajstić information content (AvgIpc) is 2.45. The molecule has 0 saturated heterocycles. The normalized spacial score (nSPS) is 10.8. The zero-order chi connectivity index (χ0) is 15.9. The fraction of sp³-hybridized carbons (Fsp3) is 0. The molecule has 0 aliphatic heterocycles. The average molecular weight is 615 g/mol. The van der Waals surface area contributed by atoms with E-state index in [1.165, 1.54) is 6.07 Å². The first kappa shape index (κ1) is 17.5. The van der Waals surface area contributed by atoms with Crippen molar-refractivity contribution in [1.82, 2.24) is 0 Å². The molecule has 0 unspecified atom stereocenters. The molecule has 3 nitrogen and oxygen atoms in total. The third-order valence-corrected chi connectivity index (χ3v) is 7.79. The van der Waals surface area contributed by atoms with Crippen molar-refractivity contribution in [3.63, 3.8) is 0 Å². The van der Waals surface area contributed by atoms with Crippen LogP contribution in [0.3, 0.4) is 0 Å². The number of phenolic OH excluding ortho intramolecular Hbond substituents is 2. The van der Waals surface area contributed by atoms with Gasteiger partial charge in [0.25, 0.3) is 0 Å². The Balaban J connectivity index is 2.54. The van der Waals surface area contributed by atoms with Gasteiger partial charge in [0, 0.05) is 21.1 Å². The van der Waals surface area contributed by atoms with E-state index in [1.54, 1.807) is 0 Å². The largest absolute Gasteiger partial charge is 0.503 e. The summed E-state index contributed by atoms with van der Waals surface area (Å²) in [6.07, 6.45) is 0. The maximum absolute atomic E-state index is 13.7. The van der Waals surface area contributed by atoms with Crippen LogP contribution in [0.25, 0.3) is 0 Å². The molecule has 2 aromatic rings. The number of ether oxygens (including phenoxy) is 1. The summed E-state index contributed by atoms with van der Waals surface area (Å²) in [7, 11) is 0. The molecule has 0 spiro atoms. The van der Waals surface area contributed by atoms with Crippen LogP contribution in [-0.4, -0.2) is 10.2 Å². The molecule has 0 fully saturated rings. The van der Waals surface area contributed by atoms with Gasteiger partial charge >= 0.3 is 0 Å². The predicted molar refractivity (Wildman–Crippen MR) is 94.7 cm³/mol. The zero-order valence-corrected chi connectivity index (χ0v) is 17.7. The van der Waals surface area contributed by atoms with Gasteiger partial charge in [0.05, 0.1) is 13.4 Å². The summed E-state index contributed by atoms with van der Waals surface area (Å²) in [6.45, 7) is 0. The van der Waals surface area contributed by atoms with Crippen LogP contribution in [0.1, 0.15) is 0 Å². The monoisotopic (exact) mass is 610 g/mol. The maximum atomic E-state index is 13.7. The van der Waals surface area contributed by atoms with E-state index in [9.17, 15) is 14.6 Å². The molecule has 0 amide bonds. The minimum Gasteiger partial charge on any atom is -0.503 e. The Labute approximate surface area is 161 Å². The minimum absolute atomic E-state index is 0.0425. The number of aromatic hydroxyl groups is 2. The van der Waals surface area contributed by atoms with Gasteiger partial charge in [-0.1, -0.05) is 0 Å². The molecule has 2 N–H and O–H groups in total. The molecule has 0 aliphatic carbocycles. The summed E-state index contributed by atoms with van der Waals surface area (Å²) in [4.78, 5) is 0. The summed E-state index contributed by atoms with van der Waals surface area (Å²) >= 11 is 15.8. The van der Waals surface area contributed by atoms with Crippen LogP contribution >= 0.6 is 79.6 Å².